The van der Waals surface area contributed by atoms with Crippen LogP contribution >= 0.6 is 31.9 Å². The molecule has 0 radical (unpaired) electrons. The molecule has 0 N–H and O–H groups in total. The zero-order chi connectivity index (χ0) is 12.3. The van der Waals surface area contributed by atoms with Gasteiger partial charge in [0.2, 0.25) is 0 Å². The number of methoxy groups -OCH3 is 1. The first-order chi connectivity index (χ1) is 7.51. The minimum absolute atomic E-state index is 0.0287. The van der Waals surface area contributed by atoms with E-state index < -0.39 is 12.4 Å². The molecule has 0 spiro atoms. The van der Waals surface area contributed by atoms with Crippen molar-refractivity contribution in [3.05, 3.63) is 27.5 Å². The number of alkyl halides is 3. The first kappa shape index (κ1) is 13.5. The van der Waals surface area contributed by atoms with E-state index in [0.29, 0.717) is 5.69 Å². The molecule has 3 nitrogen and oxygen atoms in total. The lowest BCUT2D eigenvalue weighted by Gasteiger charge is -2.09. The normalized spacial score (nSPS) is 10.6. The first-order valence-electron chi connectivity index (χ1n) is 4.13. The average Bonchev–Trinajstić information content (AvgIpc) is 2.28. The molecule has 0 aromatic carbocycles. The maximum absolute atomic E-state index is 12.7. The molecule has 7 heteroatoms. The minimum Gasteiger partial charge on any atom is -0.464 e. The molecule has 0 amide bonds. The SMILES string of the molecule is COC(=O)c1nc(CBr)cc(C(F)F)c1Br. The number of hydrogen-bond donors (Lipinski definition) is 0. The average molecular weight is 359 g/mol. The summed E-state index contributed by atoms with van der Waals surface area (Å²) in [5.74, 6) is -0.753. The highest BCUT2D eigenvalue weighted by molar-refractivity contribution is 9.10. The predicted molar refractivity (Wildman–Crippen MR) is 60.9 cm³/mol. The molecule has 1 heterocycles. The predicted octanol–water partition coefficient (Wildman–Crippen LogP) is 3.46. The highest BCUT2D eigenvalue weighted by Gasteiger charge is 2.21. The van der Waals surface area contributed by atoms with Crippen LogP contribution in [0.4, 0.5) is 8.78 Å². The fraction of sp³-hybridized carbons (Fsp3) is 0.333. The fourth-order valence-electron chi connectivity index (χ4n) is 1.06. The van der Waals surface area contributed by atoms with Gasteiger partial charge in [0, 0.05) is 10.9 Å². The van der Waals surface area contributed by atoms with Crippen molar-refractivity contribution in [1.29, 1.82) is 0 Å². The number of ether oxygens (including phenoxy) is 1. The van der Waals surface area contributed by atoms with Gasteiger partial charge in [0.05, 0.1) is 17.3 Å². The van der Waals surface area contributed by atoms with Gasteiger partial charge in [-0.3, -0.25) is 0 Å². The quantitative estimate of drug-likeness (QED) is 0.613. The van der Waals surface area contributed by atoms with Crippen molar-refractivity contribution in [2.24, 2.45) is 0 Å². The van der Waals surface area contributed by atoms with Crippen molar-refractivity contribution in [2.75, 3.05) is 7.11 Å². The van der Waals surface area contributed by atoms with Crippen LogP contribution < -0.4 is 0 Å². The number of halogens is 4. The zero-order valence-electron chi connectivity index (χ0n) is 8.14. The van der Waals surface area contributed by atoms with Gasteiger partial charge < -0.3 is 4.74 Å². The molecular weight excluding hydrogens is 352 g/mol. The number of hydrogen-bond acceptors (Lipinski definition) is 3. The maximum atomic E-state index is 12.7. The molecule has 0 aliphatic heterocycles. The van der Waals surface area contributed by atoms with Gasteiger partial charge in [-0.25, -0.2) is 18.6 Å². The lowest BCUT2D eigenvalue weighted by atomic mass is 10.2. The number of nitrogens with zero attached hydrogens (tertiary/aromatic N) is 1. The van der Waals surface area contributed by atoms with E-state index in [2.05, 4.69) is 41.6 Å². The molecule has 1 aromatic heterocycles. The largest absolute Gasteiger partial charge is 0.464 e. The molecule has 0 saturated heterocycles. The van der Waals surface area contributed by atoms with E-state index in [0.717, 1.165) is 0 Å². The third-order valence-corrected chi connectivity index (χ3v) is 3.20. The number of rotatable bonds is 3. The Kier molecular flexibility index (Phi) is 4.79. The molecule has 0 fully saturated rings. The van der Waals surface area contributed by atoms with Crippen molar-refractivity contribution in [2.45, 2.75) is 11.8 Å². The minimum atomic E-state index is -2.68. The molecule has 0 aliphatic rings. The Morgan fingerprint density at radius 2 is 2.25 bits per heavy atom. The summed E-state index contributed by atoms with van der Waals surface area (Å²) in [5, 5.41) is 0.282. The van der Waals surface area contributed by atoms with Gasteiger partial charge in [0.1, 0.15) is 0 Å². The summed E-state index contributed by atoms with van der Waals surface area (Å²) < 4.78 is 29.8. The second-order valence-electron chi connectivity index (χ2n) is 2.79. The van der Waals surface area contributed by atoms with E-state index >= 15 is 0 Å². The maximum Gasteiger partial charge on any atom is 0.357 e. The van der Waals surface area contributed by atoms with Gasteiger partial charge in [-0.15, -0.1) is 0 Å². The van der Waals surface area contributed by atoms with Crippen molar-refractivity contribution < 1.29 is 18.3 Å². The molecule has 0 unspecified atom stereocenters. The highest BCUT2D eigenvalue weighted by atomic mass is 79.9. The number of pyridine rings is 1. The Morgan fingerprint density at radius 3 is 2.69 bits per heavy atom. The summed E-state index contributed by atoms with van der Waals surface area (Å²) in [7, 11) is 1.17. The van der Waals surface area contributed by atoms with Gasteiger partial charge in [-0.2, -0.15) is 0 Å². The van der Waals surface area contributed by atoms with E-state index in [4.69, 9.17) is 0 Å². The summed E-state index contributed by atoms with van der Waals surface area (Å²) in [6.45, 7) is 0. The summed E-state index contributed by atoms with van der Waals surface area (Å²) in [6.07, 6.45) is -2.68. The number of esters is 1. The zero-order valence-corrected chi connectivity index (χ0v) is 11.3. The van der Waals surface area contributed by atoms with Crippen LogP contribution in [0.15, 0.2) is 10.5 Å². The number of carbonyl (C=O) groups is 1. The monoisotopic (exact) mass is 357 g/mol. The van der Waals surface area contributed by atoms with Gasteiger partial charge in [-0.05, 0) is 22.0 Å². The van der Waals surface area contributed by atoms with Gasteiger partial charge >= 0.3 is 5.97 Å². The van der Waals surface area contributed by atoms with Crippen LogP contribution in [0.2, 0.25) is 0 Å². The van der Waals surface area contributed by atoms with Crippen LogP contribution in [0.5, 0.6) is 0 Å². The Labute approximate surface area is 107 Å². The topological polar surface area (TPSA) is 39.2 Å². The number of carbonyl (C=O) groups excluding carboxylic acids is 1. The van der Waals surface area contributed by atoms with E-state index in [-0.39, 0.29) is 21.1 Å². The molecule has 0 bridgehead atoms. The molecule has 0 saturated carbocycles. The van der Waals surface area contributed by atoms with Gasteiger partial charge in [-0.1, -0.05) is 15.9 Å². The summed E-state index contributed by atoms with van der Waals surface area (Å²) in [5.41, 5.74) is -0.0708. The lowest BCUT2D eigenvalue weighted by Crippen LogP contribution is -2.09. The van der Waals surface area contributed by atoms with E-state index in [9.17, 15) is 13.6 Å². The molecular formula is C9H7Br2F2NO2. The van der Waals surface area contributed by atoms with Crippen LogP contribution in [0, 0.1) is 0 Å². The molecule has 1 aromatic rings. The fourth-order valence-corrected chi connectivity index (χ4v) is 1.89. The Morgan fingerprint density at radius 1 is 1.62 bits per heavy atom. The van der Waals surface area contributed by atoms with Crippen LogP contribution in [0.25, 0.3) is 0 Å². The van der Waals surface area contributed by atoms with E-state index in [1.54, 1.807) is 0 Å². The van der Waals surface area contributed by atoms with Crippen LogP contribution in [-0.2, 0) is 10.1 Å². The molecule has 1 rings (SSSR count). The first-order valence-corrected chi connectivity index (χ1v) is 6.04. The standard InChI is InChI=1S/C9H7Br2F2NO2/c1-16-9(15)7-6(11)5(8(12)13)2-4(3-10)14-7/h2,8H,3H2,1H3. The van der Waals surface area contributed by atoms with Crippen LogP contribution in [-0.4, -0.2) is 18.1 Å². The Bertz CT molecular complexity index is 413. The van der Waals surface area contributed by atoms with Gasteiger partial charge in [0.25, 0.3) is 6.43 Å². The van der Waals surface area contributed by atoms with Crippen LogP contribution in [0.1, 0.15) is 28.2 Å². The Hall–Kier alpha value is -0.560. The van der Waals surface area contributed by atoms with Crippen molar-refractivity contribution in [3.8, 4) is 0 Å². The smallest absolute Gasteiger partial charge is 0.357 e. The molecule has 0 atom stereocenters. The van der Waals surface area contributed by atoms with E-state index in [1.807, 2.05) is 0 Å². The number of aromatic nitrogens is 1. The molecule has 88 valence electrons. The summed E-state index contributed by atoms with van der Waals surface area (Å²) >= 11 is 6.02. The Balaban J connectivity index is 3.37. The van der Waals surface area contributed by atoms with Crippen LogP contribution in [0.3, 0.4) is 0 Å². The van der Waals surface area contributed by atoms with Crippen molar-refractivity contribution in [1.82, 2.24) is 4.98 Å². The van der Waals surface area contributed by atoms with Gasteiger partial charge in [0.15, 0.2) is 5.69 Å². The third-order valence-electron chi connectivity index (χ3n) is 1.79. The molecule has 16 heavy (non-hydrogen) atoms. The third kappa shape index (κ3) is 2.76. The molecule has 0 aliphatic carbocycles. The van der Waals surface area contributed by atoms with E-state index in [1.165, 1.54) is 13.2 Å². The highest BCUT2D eigenvalue weighted by Crippen LogP contribution is 2.30. The van der Waals surface area contributed by atoms with Crippen molar-refractivity contribution >= 4 is 37.8 Å². The summed E-state index contributed by atoms with van der Waals surface area (Å²) in [4.78, 5) is 15.2. The lowest BCUT2D eigenvalue weighted by molar-refractivity contribution is 0.0592. The van der Waals surface area contributed by atoms with Crippen molar-refractivity contribution in [3.63, 3.8) is 0 Å². The summed E-state index contributed by atoms with van der Waals surface area (Å²) in [6, 6.07) is 1.23. The second-order valence-corrected chi connectivity index (χ2v) is 4.15. The second kappa shape index (κ2) is 5.67.